The molecule has 0 saturated heterocycles. The fourth-order valence-corrected chi connectivity index (χ4v) is 2.91. The van der Waals surface area contributed by atoms with E-state index in [9.17, 15) is 8.42 Å². The van der Waals surface area contributed by atoms with Crippen LogP contribution in [-0.2, 0) is 10.0 Å². The van der Waals surface area contributed by atoms with Crippen molar-refractivity contribution in [1.82, 2.24) is 0 Å². The predicted molar refractivity (Wildman–Crippen MR) is 77.6 cm³/mol. The Balaban J connectivity index is 2.42. The molecule has 0 amide bonds. The molecular weight excluding hydrogens is 274 g/mol. The number of hydrogen-bond donors (Lipinski definition) is 2. The summed E-state index contributed by atoms with van der Waals surface area (Å²) in [4.78, 5) is 0.151. The highest BCUT2D eigenvalue weighted by atomic mass is 32.2. The third-order valence-corrected chi connectivity index (χ3v) is 4.07. The summed E-state index contributed by atoms with van der Waals surface area (Å²) in [6, 6.07) is 12.9. The first-order chi connectivity index (χ1) is 9.42. The zero-order valence-corrected chi connectivity index (χ0v) is 11.6. The van der Waals surface area contributed by atoms with E-state index in [1.54, 1.807) is 12.1 Å². The van der Waals surface area contributed by atoms with Crippen LogP contribution in [0.2, 0.25) is 0 Å². The van der Waals surface area contributed by atoms with Crippen molar-refractivity contribution >= 4 is 21.4 Å². The highest BCUT2D eigenvalue weighted by Gasteiger charge is 2.16. The molecule has 0 bridgehead atoms. The molecule has 2 aromatic rings. The van der Waals surface area contributed by atoms with Crippen LogP contribution in [0.25, 0.3) is 0 Å². The van der Waals surface area contributed by atoms with E-state index in [4.69, 9.17) is 11.0 Å². The van der Waals surface area contributed by atoms with Gasteiger partial charge in [0.1, 0.15) is 6.07 Å². The van der Waals surface area contributed by atoms with Crippen LogP contribution in [-0.4, -0.2) is 8.42 Å². The SMILES string of the molecule is Cc1cccc(S(=O)(=O)Nc2ccc(N)cc2C#N)c1. The van der Waals surface area contributed by atoms with Crippen LogP contribution >= 0.6 is 0 Å². The predicted octanol–water partition coefficient (Wildman–Crippen LogP) is 2.25. The van der Waals surface area contributed by atoms with Crippen LogP contribution in [0.5, 0.6) is 0 Å². The molecule has 0 unspecified atom stereocenters. The van der Waals surface area contributed by atoms with E-state index in [1.807, 2.05) is 19.1 Å². The number of nitrogens with zero attached hydrogens (tertiary/aromatic N) is 1. The van der Waals surface area contributed by atoms with Gasteiger partial charge >= 0.3 is 0 Å². The molecule has 0 radical (unpaired) electrons. The summed E-state index contributed by atoms with van der Waals surface area (Å²) in [6.45, 7) is 1.81. The first-order valence-electron chi connectivity index (χ1n) is 5.81. The molecule has 0 aliphatic heterocycles. The average Bonchev–Trinajstić information content (AvgIpc) is 2.40. The molecule has 102 valence electrons. The Morgan fingerprint density at radius 1 is 1.20 bits per heavy atom. The van der Waals surface area contributed by atoms with E-state index in [1.165, 1.54) is 24.3 Å². The van der Waals surface area contributed by atoms with Gasteiger partial charge in [-0.2, -0.15) is 5.26 Å². The molecule has 0 heterocycles. The van der Waals surface area contributed by atoms with Crippen molar-refractivity contribution in [3.63, 3.8) is 0 Å². The zero-order chi connectivity index (χ0) is 14.8. The van der Waals surface area contributed by atoms with Crippen molar-refractivity contribution < 1.29 is 8.42 Å². The molecule has 0 aromatic heterocycles. The number of nitrogens with one attached hydrogen (secondary N) is 1. The summed E-state index contributed by atoms with van der Waals surface area (Å²) in [7, 11) is -3.72. The van der Waals surface area contributed by atoms with Crippen molar-refractivity contribution in [2.24, 2.45) is 0 Å². The van der Waals surface area contributed by atoms with Gasteiger partial charge in [-0.15, -0.1) is 0 Å². The van der Waals surface area contributed by atoms with Gasteiger partial charge in [0.15, 0.2) is 0 Å². The quantitative estimate of drug-likeness (QED) is 0.846. The molecule has 6 heteroatoms. The van der Waals surface area contributed by atoms with Crippen LogP contribution < -0.4 is 10.5 Å². The maximum absolute atomic E-state index is 12.3. The number of benzene rings is 2. The maximum atomic E-state index is 12.3. The number of nitrogens with two attached hydrogens (primary N) is 1. The minimum absolute atomic E-state index is 0.151. The monoisotopic (exact) mass is 287 g/mol. The minimum atomic E-state index is -3.72. The standard InChI is InChI=1S/C14H13N3O2S/c1-10-3-2-4-13(7-10)20(18,19)17-14-6-5-12(16)8-11(14)9-15/h2-8,17H,16H2,1H3. The van der Waals surface area contributed by atoms with Crippen molar-refractivity contribution in [2.75, 3.05) is 10.5 Å². The molecule has 0 aliphatic carbocycles. The fourth-order valence-electron chi connectivity index (χ4n) is 1.73. The van der Waals surface area contributed by atoms with Gasteiger partial charge in [0.2, 0.25) is 0 Å². The molecule has 2 aromatic carbocycles. The van der Waals surface area contributed by atoms with Crippen LogP contribution in [0.15, 0.2) is 47.4 Å². The topological polar surface area (TPSA) is 96.0 Å². The van der Waals surface area contributed by atoms with Gasteiger partial charge in [0.25, 0.3) is 10.0 Å². The summed E-state index contributed by atoms with van der Waals surface area (Å²) in [6.07, 6.45) is 0. The average molecular weight is 287 g/mol. The van der Waals surface area contributed by atoms with Gasteiger partial charge in [0.05, 0.1) is 16.1 Å². The second-order valence-corrected chi connectivity index (χ2v) is 6.02. The number of aryl methyl sites for hydroxylation is 1. The van der Waals surface area contributed by atoms with Crippen LogP contribution in [0.3, 0.4) is 0 Å². The molecule has 0 atom stereocenters. The highest BCUT2D eigenvalue weighted by molar-refractivity contribution is 7.92. The van der Waals surface area contributed by atoms with E-state index < -0.39 is 10.0 Å². The van der Waals surface area contributed by atoms with Gasteiger partial charge in [-0.25, -0.2) is 8.42 Å². The smallest absolute Gasteiger partial charge is 0.261 e. The van der Waals surface area contributed by atoms with E-state index in [0.717, 1.165) is 5.56 Å². The summed E-state index contributed by atoms with van der Waals surface area (Å²) < 4.78 is 26.9. The third-order valence-electron chi connectivity index (χ3n) is 2.71. The lowest BCUT2D eigenvalue weighted by molar-refractivity contribution is 0.601. The lowest BCUT2D eigenvalue weighted by atomic mass is 10.2. The number of nitriles is 1. The second kappa shape index (κ2) is 5.23. The summed E-state index contributed by atoms with van der Waals surface area (Å²) in [5.74, 6) is 0. The number of sulfonamides is 1. The van der Waals surface area contributed by atoms with E-state index in [-0.39, 0.29) is 16.1 Å². The maximum Gasteiger partial charge on any atom is 0.261 e. The number of rotatable bonds is 3. The Morgan fingerprint density at radius 3 is 2.60 bits per heavy atom. The number of hydrogen-bond acceptors (Lipinski definition) is 4. The molecule has 5 nitrogen and oxygen atoms in total. The van der Waals surface area contributed by atoms with Crippen molar-refractivity contribution in [2.45, 2.75) is 11.8 Å². The van der Waals surface area contributed by atoms with Crippen LogP contribution in [0, 0.1) is 18.3 Å². The van der Waals surface area contributed by atoms with Crippen LogP contribution in [0.1, 0.15) is 11.1 Å². The van der Waals surface area contributed by atoms with Gasteiger partial charge < -0.3 is 5.73 Å². The Morgan fingerprint density at radius 2 is 1.95 bits per heavy atom. The Bertz CT molecular complexity index is 792. The molecule has 0 spiro atoms. The number of anilines is 2. The molecule has 0 aliphatic rings. The highest BCUT2D eigenvalue weighted by Crippen LogP contribution is 2.22. The van der Waals surface area contributed by atoms with E-state index in [2.05, 4.69) is 4.72 Å². The fraction of sp³-hybridized carbons (Fsp3) is 0.0714. The molecule has 2 rings (SSSR count). The lowest BCUT2D eigenvalue weighted by Gasteiger charge is -2.10. The normalized spacial score (nSPS) is 10.8. The summed E-state index contributed by atoms with van der Waals surface area (Å²) in [5, 5.41) is 9.01. The van der Waals surface area contributed by atoms with Gasteiger partial charge in [0, 0.05) is 5.69 Å². The Labute approximate surface area is 117 Å². The molecule has 0 fully saturated rings. The molecule has 3 N–H and O–H groups in total. The van der Waals surface area contributed by atoms with E-state index in [0.29, 0.717) is 5.69 Å². The number of nitrogen functional groups attached to an aromatic ring is 1. The van der Waals surface area contributed by atoms with Crippen molar-refractivity contribution in [1.29, 1.82) is 5.26 Å². The zero-order valence-electron chi connectivity index (χ0n) is 10.8. The van der Waals surface area contributed by atoms with Crippen molar-refractivity contribution in [3.8, 4) is 6.07 Å². The Kier molecular flexibility index (Phi) is 3.63. The Hall–Kier alpha value is -2.52. The lowest BCUT2D eigenvalue weighted by Crippen LogP contribution is -2.14. The third kappa shape index (κ3) is 2.90. The minimum Gasteiger partial charge on any atom is -0.399 e. The largest absolute Gasteiger partial charge is 0.399 e. The van der Waals surface area contributed by atoms with Gasteiger partial charge in [-0.05, 0) is 42.8 Å². The van der Waals surface area contributed by atoms with Gasteiger partial charge in [-0.3, -0.25) is 4.72 Å². The second-order valence-electron chi connectivity index (χ2n) is 4.34. The van der Waals surface area contributed by atoms with Crippen molar-refractivity contribution in [3.05, 3.63) is 53.6 Å². The first-order valence-corrected chi connectivity index (χ1v) is 7.30. The summed E-state index contributed by atoms with van der Waals surface area (Å²) >= 11 is 0. The molecular formula is C14H13N3O2S. The van der Waals surface area contributed by atoms with Gasteiger partial charge in [-0.1, -0.05) is 12.1 Å². The van der Waals surface area contributed by atoms with E-state index >= 15 is 0 Å². The van der Waals surface area contributed by atoms with Crippen LogP contribution in [0.4, 0.5) is 11.4 Å². The molecule has 20 heavy (non-hydrogen) atoms. The molecule has 0 saturated carbocycles. The summed E-state index contributed by atoms with van der Waals surface area (Å²) in [5.41, 5.74) is 7.20. The first kappa shape index (κ1) is 13.9.